The van der Waals surface area contributed by atoms with Crippen molar-refractivity contribution in [3.63, 3.8) is 0 Å². The van der Waals surface area contributed by atoms with E-state index in [1.165, 1.54) is 6.20 Å². The second-order valence-electron chi connectivity index (χ2n) is 3.86. The van der Waals surface area contributed by atoms with E-state index in [9.17, 15) is 9.59 Å². The predicted molar refractivity (Wildman–Crippen MR) is 65.4 cm³/mol. The molecule has 0 saturated heterocycles. The molecular weight excluding hydrogens is 286 g/mol. The van der Waals surface area contributed by atoms with Gasteiger partial charge in [0.05, 0.1) is 6.54 Å². The minimum absolute atomic E-state index is 0.0155. The number of rotatable bonds is 4. The molecular formula is C11H12BrN3O2. The molecule has 1 saturated carbocycles. The molecule has 2 amide bonds. The van der Waals surface area contributed by atoms with Gasteiger partial charge in [-0.2, -0.15) is 0 Å². The maximum Gasteiger partial charge on any atom is 0.271 e. The minimum Gasteiger partial charge on any atom is -0.352 e. The number of nitrogens with one attached hydrogen (secondary N) is 2. The SMILES string of the molecule is O=C(CNC(=O)c1ncccc1Br)NC1CC1. The van der Waals surface area contributed by atoms with E-state index >= 15 is 0 Å². The Morgan fingerprint density at radius 3 is 2.88 bits per heavy atom. The zero-order chi connectivity index (χ0) is 12.3. The fourth-order valence-electron chi connectivity index (χ4n) is 1.30. The maximum atomic E-state index is 11.7. The Hall–Kier alpha value is -1.43. The third kappa shape index (κ3) is 3.52. The van der Waals surface area contributed by atoms with Crippen LogP contribution in [0.1, 0.15) is 23.3 Å². The molecule has 0 radical (unpaired) electrons. The first-order valence-electron chi connectivity index (χ1n) is 5.35. The topological polar surface area (TPSA) is 71.1 Å². The van der Waals surface area contributed by atoms with E-state index in [-0.39, 0.29) is 24.1 Å². The Balaban J connectivity index is 1.84. The van der Waals surface area contributed by atoms with Crippen LogP contribution in [-0.2, 0) is 4.79 Å². The Bertz CT molecular complexity index is 446. The maximum absolute atomic E-state index is 11.7. The predicted octanol–water partition coefficient (Wildman–Crippen LogP) is 0.852. The van der Waals surface area contributed by atoms with Gasteiger partial charge in [0.15, 0.2) is 0 Å². The fraction of sp³-hybridized carbons (Fsp3) is 0.364. The largest absolute Gasteiger partial charge is 0.352 e. The van der Waals surface area contributed by atoms with Gasteiger partial charge in [-0.05, 0) is 40.9 Å². The average molecular weight is 298 g/mol. The highest BCUT2D eigenvalue weighted by Gasteiger charge is 2.23. The van der Waals surface area contributed by atoms with E-state index < -0.39 is 0 Å². The quantitative estimate of drug-likeness (QED) is 0.866. The molecule has 6 heteroatoms. The van der Waals surface area contributed by atoms with Crippen LogP contribution in [0.2, 0.25) is 0 Å². The Morgan fingerprint density at radius 1 is 1.47 bits per heavy atom. The molecule has 1 fully saturated rings. The number of carbonyl (C=O) groups is 2. The van der Waals surface area contributed by atoms with Crippen molar-refractivity contribution in [1.29, 1.82) is 0 Å². The van der Waals surface area contributed by atoms with Crippen LogP contribution in [-0.4, -0.2) is 29.4 Å². The number of carbonyl (C=O) groups excluding carboxylic acids is 2. The molecule has 0 bridgehead atoms. The molecule has 1 aromatic rings. The number of aromatic nitrogens is 1. The standard InChI is InChI=1S/C11H12BrN3O2/c12-8-2-1-5-13-10(8)11(17)14-6-9(16)15-7-3-4-7/h1-2,5,7H,3-4,6H2,(H,14,17)(H,15,16). The summed E-state index contributed by atoms with van der Waals surface area (Å²) in [7, 11) is 0. The van der Waals surface area contributed by atoms with Crippen molar-refractivity contribution < 1.29 is 9.59 Å². The van der Waals surface area contributed by atoms with Crippen LogP contribution in [0.4, 0.5) is 0 Å². The second kappa shape index (κ2) is 5.27. The van der Waals surface area contributed by atoms with E-state index in [1.54, 1.807) is 12.1 Å². The van der Waals surface area contributed by atoms with Gasteiger partial charge in [-0.15, -0.1) is 0 Å². The first-order valence-corrected chi connectivity index (χ1v) is 6.14. The van der Waals surface area contributed by atoms with Gasteiger partial charge in [0.1, 0.15) is 5.69 Å². The Labute approximate surface area is 107 Å². The molecule has 0 aromatic carbocycles. The molecule has 0 unspecified atom stereocenters. The monoisotopic (exact) mass is 297 g/mol. The average Bonchev–Trinajstić information content (AvgIpc) is 3.10. The lowest BCUT2D eigenvalue weighted by molar-refractivity contribution is -0.120. The molecule has 0 atom stereocenters. The van der Waals surface area contributed by atoms with Crippen LogP contribution in [0, 0.1) is 0 Å². The van der Waals surface area contributed by atoms with E-state index in [0.29, 0.717) is 10.5 Å². The molecule has 1 aliphatic rings. The summed E-state index contributed by atoms with van der Waals surface area (Å²) in [5, 5.41) is 5.32. The van der Waals surface area contributed by atoms with Crippen molar-refractivity contribution in [3.05, 3.63) is 28.5 Å². The molecule has 2 N–H and O–H groups in total. The normalized spacial score (nSPS) is 14.2. The summed E-state index contributed by atoms with van der Waals surface area (Å²) in [6.07, 6.45) is 3.60. The first kappa shape index (κ1) is 12.0. The van der Waals surface area contributed by atoms with Crippen molar-refractivity contribution in [3.8, 4) is 0 Å². The summed E-state index contributed by atoms with van der Waals surface area (Å²) in [6, 6.07) is 3.76. The van der Waals surface area contributed by atoms with Crippen LogP contribution in [0.3, 0.4) is 0 Å². The van der Waals surface area contributed by atoms with Crippen LogP contribution < -0.4 is 10.6 Å². The van der Waals surface area contributed by atoms with Gasteiger partial charge >= 0.3 is 0 Å². The molecule has 5 nitrogen and oxygen atoms in total. The molecule has 0 aliphatic heterocycles. The summed E-state index contributed by atoms with van der Waals surface area (Å²) in [5.41, 5.74) is 0.284. The number of hydrogen-bond acceptors (Lipinski definition) is 3. The number of nitrogens with zero attached hydrogens (tertiary/aromatic N) is 1. The molecule has 1 aliphatic carbocycles. The van der Waals surface area contributed by atoms with Crippen LogP contribution >= 0.6 is 15.9 Å². The van der Waals surface area contributed by atoms with Crippen molar-refractivity contribution in [2.24, 2.45) is 0 Å². The van der Waals surface area contributed by atoms with E-state index in [2.05, 4.69) is 31.5 Å². The third-order valence-electron chi connectivity index (χ3n) is 2.33. The zero-order valence-electron chi connectivity index (χ0n) is 9.07. The van der Waals surface area contributed by atoms with Gasteiger partial charge in [0.25, 0.3) is 5.91 Å². The molecule has 1 aromatic heterocycles. The summed E-state index contributed by atoms with van der Waals surface area (Å²) in [5.74, 6) is -0.517. The molecule has 17 heavy (non-hydrogen) atoms. The highest BCUT2D eigenvalue weighted by Crippen LogP contribution is 2.18. The van der Waals surface area contributed by atoms with Crippen LogP contribution in [0.15, 0.2) is 22.8 Å². The van der Waals surface area contributed by atoms with Crippen molar-refractivity contribution >= 4 is 27.7 Å². The smallest absolute Gasteiger partial charge is 0.271 e. The second-order valence-corrected chi connectivity index (χ2v) is 4.71. The van der Waals surface area contributed by atoms with Crippen molar-refractivity contribution in [2.75, 3.05) is 6.54 Å². The zero-order valence-corrected chi connectivity index (χ0v) is 10.7. The Kier molecular flexibility index (Phi) is 3.73. The van der Waals surface area contributed by atoms with Gasteiger partial charge in [-0.25, -0.2) is 4.98 Å². The number of hydrogen-bond donors (Lipinski definition) is 2. The van der Waals surface area contributed by atoms with Crippen molar-refractivity contribution in [1.82, 2.24) is 15.6 Å². The number of pyridine rings is 1. The third-order valence-corrected chi connectivity index (χ3v) is 2.97. The van der Waals surface area contributed by atoms with Gasteiger partial charge in [-0.1, -0.05) is 0 Å². The highest BCUT2D eigenvalue weighted by molar-refractivity contribution is 9.10. The Morgan fingerprint density at radius 2 is 2.24 bits per heavy atom. The van der Waals surface area contributed by atoms with Crippen LogP contribution in [0.5, 0.6) is 0 Å². The molecule has 0 spiro atoms. The lowest BCUT2D eigenvalue weighted by Gasteiger charge is -2.06. The molecule has 1 heterocycles. The van der Waals surface area contributed by atoms with E-state index in [1.807, 2.05) is 0 Å². The number of amides is 2. The lowest BCUT2D eigenvalue weighted by Crippen LogP contribution is -2.38. The molecule has 2 rings (SSSR count). The summed E-state index contributed by atoms with van der Waals surface area (Å²) in [4.78, 5) is 27.0. The molecule has 90 valence electrons. The number of halogens is 1. The van der Waals surface area contributed by atoms with Crippen molar-refractivity contribution in [2.45, 2.75) is 18.9 Å². The summed E-state index contributed by atoms with van der Waals surface area (Å²) in [6.45, 7) is -0.0155. The minimum atomic E-state index is -0.358. The van der Waals surface area contributed by atoms with Gasteiger partial charge < -0.3 is 10.6 Å². The highest BCUT2D eigenvalue weighted by atomic mass is 79.9. The van der Waals surface area contributed by atoms with E-state index in [4.69, 9.17) is 0 Å². The lowest BCUT2D eigenvalue weighted by atomic mass is 10.3. The van der Waals surface area contributed by atoms with Gasteiger partial charge in [0.2, 0.25) is 5.91 Å². The van der Waals surface area contributed by atoms with Gasteiger partial charge in [-0.3, -0.25) is 9.59 Å². The van der Waals surface area contributed by atoms with Crippen LogP contribution in [0.25, 0.3) is 0 Å². The van der Waals surface area contributed by atoms with Gasteiger partial charge in [0, 0.05) is 16.7 Å². The fourth-order valence-corrected chi connectivity index (χ4v) is 1.74. The van der Waals surface area contributed by atoms with E-state index in [0.717, 1.165) is 12.8 Å². The first-order chi connectivity index (χ1) is 8.16. The summed E-state index contributed by atoms with van der Waals surface area (Å²) < 4.78 is 0.611. The summed E-state index contributed by atoms with van der Waals surface area (Å²) >= 11 is 3.23.